The molecule has 2 aromatic heterocycles. The van der Waals surface area contributed by atoms with Crippen molar-refractivity contribution in [3.63, 3.8) is 0 Å². The molecule has 0 bridgehead atoms. The number of carbonyl (C=O) groups is 2. The van der Waals surface area contributed by atoms with Gasteiger partial charge < -0.3 is 39.5 Å². The van der Waals surface area contributed by atoms with Crippen LogP contribution >= 0.6 is 7.75 Å². The minimum atomic E-state index is -4.79. The highest BCUT2D eigenvalue weighted by atomic mass is 31.2. The molecular weight excluding hydrogens is 747 g/mol. The van der Waals surface area contributed by atoms with Gasteiger partial charge in [-0.25, -0.2) is 23.1 Å². The summed E-state index contributed by atoms with van der Waals surface area (Å²) in [4.78, 5) is 37.6. The minimum Gasteiger partial charge on any atom is -0.476 e. The molecule has 7 atom stereocenters. The maximum absolute atomic E-state index is 14.8. The molecule has 17 nitrogen and oxygen atoms in total. The summed E-state index contributed by atoms with van der Waals surface area (Å²) < 4.78 is 72.6. The highest BCUT2D eigenvalue weighted by Gasteiger charge is 2.54. The molecule has 6 rings (SSSR count). The highest BCUT2D eigenvalue weighted by Crippen LogP contribution is 2.48. The van der Waals surface area contributed by atoms with Gasteiger partial charge in [-0.1, -0.05) is 36.4 Å². The van der Waals surface area contributed by atoms with Crippen LogP contribution in [0, 0.1) is 11.6 Å². The summed E-state index contributed by atoms with van der Waals surface area (Å²) >= 11 is 0. The molecule has 0 aliphatic carbocycles. The molecule has 20 heteroatoms. The number of nitrogen functional groups attached to an aromatic ring is 1. The quantitative estimate of drug-likeness (QED) is 0.0418. The Balaban J connectivity index is 1.29. The number of aliphatic hydroxyl groups is 2. The second-order valence-corrected chi connectivity index (χ2v) is 14.4. The van der Waals surface area contributed by atoms with Crippen molar-refractivity contribution in [1.82, 2.24) is 29.9 Å². The number of anilines is 1. The molecule has 1 aliphatic heterocycles. The molecule has 1 saturated heterocycles. The van der Waals surface area contributed by atoms with Crippen LogP contribution in [-0.2, 0) is 34.8 Å². The van der Waals surface area contributed by atoms with E-state index in [4.69, 9.17) is 29.0 Å². The van der Waals surface area contributed by atoms with Crippen molar-refractivity contribution in [3.8, 4) is 11.6 Å². The van der Waals surface area contributed by atoms with Crippen LogP contribution in [0.2, 0.25) is 0 Å². The van der Waals surface area contributed by atoms with Crippen LogP contribution in [0.25, 0.3) is 21.9 Å². The molecule has 0 radical (unpaired) electrons. The Morgan fingerprint density at radius 1 is 1.18 bits per heavy atom. The third-order valence-electron chi connectivity index (χ3n) is 8.61. The predicted molar refractivity (Wildman–Crippen MR) is 191 cm³/mol. The lowest BCUT2D eigenvalue weighted by Crippen LogP contribution is -2.52. The first-order valence-corrected chi connectivity index (χ1v) is 18.5. The molecule has 0 amide bonds. The second-order valence-electron chi connectivity index (χ2n) is 12.7. The summed E-state index contributed by atoms with van der Waals surface area (Å²) in [5.41, 5.74) is 4.05. The van der Waals surface area contributed by atoms with Crippen LogP contribution in [0.4, 0.5) is 14.7 Å². The van der Waals surface area contributed by atoms with Crippen molar-refractivity contribution in [2.75, 3.05) is 18.9 Å². The van der Waals surface area contributed by atoms with Crippen LogP contribution in [0.3, 0.4) is 0 Å². The SMILES string of the molecule is CCOc1nc(N)nc2c1ncn2[C@@H]1O[C@H](COP(=O)(N[C@@H](N[C@@H](C)C=O)C(=O)OCc2ccc(F)cc2F)Oc2cccc3ccccc23)[C@@H](O)[C@@]1(C)O. The number of aldehydes is 1. The summed E-state index contributed by atoms with van der Waals surface area (Å²) in [6, 6.07) is 13.5. The van der Waals surface area contributed by atoms with Gasteiger partial charge in [-0.15, -0.1) is 0 Å². The van der Waals surface area contributed by atoms with Crippen LogP contribution in [0.15, 0.2) is 67.0 Å². The molecule has 3 heterocycles. The van der Waals surface area contributed by atoms with Crippen molar-refractivity contribution in [1.29, 1.82) is 0 Å². The van der Waals surface area contributed by atoms with Gasteiger partial charge >= 0.3 is 13.7 Å². The molecular formula is C35H38F2N7O10P. The van der Waals surface area contributed by atoms with Gasteiger partial charge in [-0.2, -0.15) is 15.1 Å². The fourth-order valence-corrected chi connectivity index (χ4v) is 7.29. The number of esters is 1. The number of nitrogens with zero attached hydrogens (tertiary/aromatic N) is 4. The number of ether oxygens (including phenoxy) is 3. The zero-order valence-electron chi connectivity index (χ0n) is 29.7. The van der Waals surface area contributed by atoms with Crippen molar-refractivity contribution in [3.05, 3.63) is 84.2 Å². The second kappa shape index (κ2) is 16.3. The summed E-state index contributed by atoms with van der Waals surface area (Å²) in [7, 11) is -4.79. The van der Waals surface area contributed by atoms with E-state index in [0.29, 0.717) is 23.1 Å². The van der Waals surface area contributed by atoms with E-state index in [1.165, 1.54) is 30.8 Å². The van der Waals surface area contributed by atoms with Crippen molar-refractivity contribution in [2.24, 2.45) is 0 Å². The number of halogens is 2. The molecule has 1 unspecified atom stereocenters. The molecule has 1 aliphatic rings. The Labute approximate surface area is 312 Å². The highest BCUT2D eigenvalue weighted by molar-refractivity contribution is 7.52. The first-order chi connectivity index (χ1) is 26.2. The standard InChI is InChI=1S/C35H38F2N7O10P/c1-4-50-31-27-30(41-34(38)42-31)44(18-39-27)33-35(3,48)28(46)26(53-33)17-52-55(49,54-25-11-7-9-20-8-5-6-10-23(20)25)43-29(40-19(2)15-45)32(47)51-16-21-12-13-22(36)14-24(21)37/h5-15,18-19,26,28-29,33,40,46,48H,4,16-17H2,1-3H3,(H,43,49)(H2,38,41,42)/t19-,26+,28+,29+,33+,35+,55?/m0/s1. The molecule has 3 aromatic carbocycles. The summed E-state index contributed by atoms with van der Waals surface area (Å²) in [6.45, 7) is 3.32. The minimum absolute atomic E-state index is 0.0582. The van der Waals surface area contributed by atoms with E-state index in [-0.39, 0.29) is 40.9 Å². The smallest absolute Gasteiger partial charge is 0.460 e. The molecule has 292 valence electrons. The zero-order chi connectivity index (χ0) is 39.5. The predicted octanol–water partition coefficient (Wildman–Crippen LogP) is 3.29. The lowest BCUT2D eigenvalue weighted by Gasteiger charge is -2.28. The van der Waals surface area contributed by atoms with E-state index in [9.17, 15) is 33.1 Å². The Morgan fingerprint density at radius 2 is 1.95 bits per heavy atom. The number of fused-ring (bicyclic) bond motifs is 2. The summed E-state index contributed by atoms with van der Waals surface area (Å²) in [5.74, 6) is -2.98. The molecule has 0 saturated carbocycles. The number of hydrogen-bond donors (Lipinski definition) is 5. The summed E-state index contributed by atoms with van der Waals surface area (Å²) in [6.07, 6.45) is -4.44. The third-order valence-corrected chi connectivity index (χ3v) is 10.1. The van der Waals surface area contributed by atoms with Gasteiger partial charge in [-0.05, 0) is 44.4 Å². The summed E-state index contributed by atoms with van der Waals surface area (Å²) in [5, 5.41) is 29.1. The van der Waals surface area contributed by atoms with Crippen LogP contribution in [0.1, 0.15) is 32.6 Å². The number of rotatable bonds is 16. The number of aliphatic hydroxyl groups excluding tert-OH is 1. The molecule has 1 fully saturated rings. The maximum Gasteiger partial charge on any atom is 0.460 e. The van der Waals surface area contributed by atoms with E-state index >= 15 is 0 Å². The number of nitrogens with two attached hydrogens (primary N) is 1. The molecule has 6 N–H and O–H groups in total. The zero-order valence-corrected chi connectivity index (χ0v) is 30.6. The first kappa shape index (κ1) is 39.6. The van der Waals surface area contributed by atoms with E-state index in [0.717, 1.165) is 12.1 Å². The Kier molecular flexibility index (Phi) is 11.7. The van der Waals surface area contributed by atoms with Crippen LogP contribution < -0.4 is 25.4 Å². The van der Waals surface area contributed by atoms with Gasteiger partial charge in [0.05, 0.1) is 25.6 Å². The van der Waals surface area contributed by atoms with Crippen LogP contribution in [0.5, 0.6) is 11.6 Å². The monoisotopic (exact) mass is 785 g/mol. The Morgan fingerprint density at radius 3 is 2.69 bits per heavy atom. The molecule has 55 heavy (non-hydrogen) atoms. The van der Waals surface area contributed by atoms with Crippen LogP contribution in [-0.4, -0.2) is 85.2 Å². The normalized spacial score (nSPS) is 21.9. The van der Waals surface area contributed by atoms with Gasteiger partial charge in [-0.3, -0.25) is 14.4 Å². The number of hydrogen-bond acceptors (Lipinski definition) is 15. The lowest BCUT2D eigenvalue weighted by atomic mass is 9.96. The maximum atomic E-state index is 14.8. The molecule has 5 aromatic rings. The van der Waals surface area contributed by atoms with E-state index < -0.39 is 74.8 Å². The van der Waals surface area contributed by atoms with E-state index in [2.05, 4.69) is 25.4 Å². The van der Waals surface area contributed by atoms with Gasteiger partial charge in [0.15, 0.2) is 23.6 Å². The Bertz CT molecular complexity index is 2240. The topological polar surface area (TPSA) is 231 Å². The number of imidazole rings is 1. The lowest BCUT2D eigenvalue weighted by molar-refractivity contribution is -0.148. The largest absolute Gasteiger partial charge is 0.476 e. The van der Waals surface area contributed by atoms with Crippen molar-refractivity contribution < 1.29 is 56.4 Å². The fraction of sp³-hybridized carbons (Fsp3) is 0.343. The molecule has 0 spiro atoms. The van der Waals surface area contributed by atoms with Gasteiger partial charge in [0, 0.05) is 17.0 Å². The average molecular weight is 786 g/mol. The van der Waals surface area contributed by atoms with Gasteiger partial charge in [0.2, 0.25) is 11.8 Å². The fourth-order valence-electron chi connectivity index (χ4n) is 5.85. The van der Waals surface area contributed by atoms with Crippen molar-refractivity contribution >= 4 is 47.9 Å². The van der Waals surface area contributed by atoms with E-state index in [1.807, 2.05) is 0 Å². The van der Waals surface area contributed by atoms with Gasteiger partial charge in [0.25, 0.3) is 0 Å². The first-order valence-electron chi connectivity index (χ1n) is 16.9. The third kappa shape index (κ3) is 8.57. The van der Waals surface area contributed by atoms with Gasteiger partial charge in [0.1, 0.15) is 48.1 Å². The van der Waals surface area contributed by atoms with Crippen molar-refractivity contribution in [2.45, 2.75) is 63.6 Å². The average Bonchev–Trinajstić information content (AvgIpc) is 3.66. The number of benzene rings is 3. The van der Waals surface area contributed by atoms with E-state index in [1.54, 1.807) is 43.3 Å². The number of carbonyl (C=O) groups excluding carboxylic acids is 2. The number of aromatic nitrogens is 4. The number of nitrogens with one attached hydrogen (secondary N) is 2. The Hall–Kier alpha value is -5.14.